The number of rotatable bonds is 1. The largest absolute Gasteiger partial charge is 0.444 e. The van der Waals surface area contributed by atoms with Gasteiger partial charge in [0.1, 0.15) is 11.4 Å². The summed E-state index contributed by atoms with van der Waals surface area (Å²) in [5, 5.41) is 3.46. The first-order valence-electron chi connectivity index (χ1n) is 7.52. The zero-order valence-corrected chi connectivity index (χ0v) is 13.5. The average Bonchev–Trinajstić information content (AvgIpc) is 2.70. The van der Waals surface area contributed by atoms with E-state index in [0.29, 0.717) is 11.1 Å². The lowest BCUT2D eigenvalue weighted by molar-refractivity contribution is 0.0492. The molecule has 23 heavy (non-hydrogen) atoms. The van der Waals surface area contributed by atoms with Crippen LogP contribution in [0.3, 0.4) is 0 Å². The van der Waals surface area contributed by atoms with Gasteiger partial charge < -0.3 is 14.6 Å². The van der Waals surface area contributed by atoms with Gasteiger partial charge in [0.15, 0.2) is 0 Å². The molecular formula is C17H19FN2O3. The van der Waals surface area contributed by atoms with E-state index in [1.165, 1.54) is 16.7 Å². The highest BCUT2D eigenvalue weighted by Crippen LogP contribution is 2.40. The van der Waals surface area contributed by atoms with E-state index in [1.54, 1.807) is 39.8 Å². The maximum atomic E-state index is 14.4. The topological polar surface area (TPSA) is 60.3 Å². The number of benzene rings is 1. The number of hydrogen-bond acceptors (Lipinski definition) is 3. The molecule has 1 aromatic carbocycles. The summed E-state index contributed by atoms with van der Waals surface area (Å²) in [7, 11) is 0. The maximum absolute atomic E-state index is 14.4. The Bertz CT molecular complexity index is 851. The number of halogens is 1. The number of ether oxygens (including phenoxy) is 1. The minimum Gasteiger partial charge on any atom is -0.444 e. The van der Waals surface area contributed by atoms with E-state index in [0.717, 1.165) is 5.39 Å². The fourth-order valence-corrected chi connectivity index (χ4v) is 3.07. The zero-order valence-electron chi connectivity index (χ0n) is 13.5. The first kappa shape index (κ1) is 15.5. The Morgan fingerprint density at radius 2 is 1.91 bits per heavy atom. The molecule has 0 radical (unpaired) electrons. The molecule has 0 saturated heterocycles. The van der Waals surface area contributed by atoms with Gasteiger partial charge in [-0.05, 0) is 51.3 Å². The first-order valence-corrected chi connectivity index (χ1v) is 7.52. The van der Waals surface area contributed by atoms with Crippen LogP contribution in [-0.2, 0) is 4.74 Å². The van der Waals surface area contributed by atoms with Gasteiger partial charge in [0.2, 0.25) is 0 Å². The third kappa shape index (κ3) is 2.58. The molecule has 0 aliphatic carbocycles. The first-order chi connectivity index (χ1) is 10.7. The highest BCUT2D eigenvalue weighted by atomic mass is 19.1. The number of carbonyl (C=O) groups is 1. The Morgan fingerprint density at radius 3 is 2.57 bits per heavy atom. The number of nitrogens with zero attached hydrogens (tertiary/aromatic N) is 1. The van der Waals surface area contributed by atoms with Crippen molar-refractivity contribution < 1.29 is 13.9 Å². The zero-order chi connectivity index (χ0) is 16.9. The molecule has 1 aliphatic rings. The molecule has 0 bridgehead atoms. The van der Waals surface area contributed by atoms with Crippen molar-refractivity contribution in [3.8, 4) is 0 Å². The highest BCUT2D eigenvalue weighted by Gasteiger charge is 2.36. The van der Waals surface area contributed by atoms with E-state index in [9.17, 15) is 14.0 Å². The van der Waals surface area contributed by atoms with Gasteiger partial charge in [-0.3, -0.25) is 4.79 Å². The van der Waals surface area contributed by atoms with Gasteiger partial charge in [0.05, 0.1) is 17.6 Å². The summed E-state index contributed by atoms with van der Waals surface area (Å²) >= 11 is 0. The number of hydrogen-bond donors (Lipinski definition) is 1. The molecule has 0 saturated carbocycles. The van der Waals surface area contributed by atoms with Crippen molar-refractivity contribution in [3.05, 3.63) is 46.0 Å². The Hall–Kier alpha value is -2.37. The van der Waals surface area contributed by atoms with E-state index >= 15 is 0 Å². The van der Waals surface area contributed by atoms with Crippen LogP contribution in [0.25, 0.3) is 10.9 Å². The molecule has 1 amide bonds. The van der Waals surface area contributed by atoms with Crippen LogP contribution in [0.2, 0.25) is 0 Å². The summed E-state index contributed by atoms with van der Waals surface area (Å²) in [6, 6.07) is 5.06. The lowest BCUT2D eigenvalue weighted by atomic mass is 10.0. The normalized spacial score (nSPS) is 19.9. The Kier molecular flexibility index (Phi) is 3.43. The molecular weight excluding hydrogens is 299 g/mol. The van der Waals surface area contributed by atoms with Crippen LogP contribution in [0.15, 0.2) is 29.1 Å². The second-order valence-corrected chi connectivity index (χ2v) is 6.80. The molecule has 1 aliphatic heterocycles. The Balaban J connectivity index is 2.07. The van der Waals surface area contributed by atoms with Crippen LogP contribution >= 0.6 is 0 Å². The van der Waals surface area contributed by atoms with Crippen molar-refractivity contribution in [3.63, 3.8) is 0 Å². The summed E-state index contributed by atoms with van der Waals surface area (Å²) in [5.41, 5.74) is -0.00450. The second kappa shape index (κ2) is 5.08. The van der Waals surface area contributed by atoms with Crippen molar-refractivity contribution in [1.82, 2.24) is 9.88 Å². The lowest BCUT2D eigenvalue weighted by Gasteiger charge is -2.24. The molecule has 2 aromatic rings. The molecule has 0 spiro atoms. The fourth-order valence-electron chi connectivity index (χ4n) is 3.07. The summed E-state index contributed by atoms with van der Waals surface area (Å²) in [6.45, 7) is 7.05. The fraction of sp³-hybridized carbons (Fsp3) is 0.412. The van der Waals surface area contributed by atoms with Gasteiger partial charge in [0, 0.05) is 11.6 Å². The van der Waals surface area contributed by atoms with Gasteiger partial charge in [-0.25, -0.2) is 9.18 Å². The van der Waals surface area contributed by atoms with Crippen LogP contribution in [0.4, 0.5) is 9.18 Å². The van der Waals surface area contributed by atoms with Crippen LogP contribution in [0, 0.1) is 5.82 Å². The third-order valence-electron chi connectivity index (χ3n) is 3.95. The average molecular weight is 318 g/mol. The summed E-state index contributed by atoms with van der Waals surface area (Å²) < 4.78 is 21.2. The van der Waals surface area contributed by atoms with E-state index < -0.39 is 29.6 Å². The number of aromatic nitrogens is 1. The quantitative estimate of drug-likeness (QED) is 0.878. The molecule has 3 rings (SSSR count). The van der Waals surface area contributed by atoms with Crippen molar-refractivity contribution in [2.75, 3.05) is 0 Å². The van der Waals surface area contributed by atoms with Crippen molar-refractivity contribution >= 4 is 17.0 Å². The third-order valence-corrected chi connectivity index (χ3v) is 3.95. The molecule has 1 N–H and O–H groups in total. The molecule has 122 valence electrons. The van der Waals surface area contributed by atoms with Gasteiger partial charge >= 0.3 is 6.09 Å². The number of alkyl carbamates (subject to hydrolysis) is 1. The predicted octanol–water partition coefficient (Wildman–Crippen LogP) is 3.28. The SMILES string of the molecule is C[C@H]1[C@H](NC(=O)OC(C)(C)C)c2c(F)ccc3ccc(=O)n1c23. The van der Waals surface area contributed by atoms with Crippen molar-refractivity contribution in [1.29, 1.82) is 0 Å². The number of pyridine rings is 1. The smallest absolute Gasteiger partial charge is 0.408 e. The molecule has 2 atom stereocenters. The summed E-state index contributed by atoms with van der Waals surface area (Å²) in [5.74, 6) is -0.442. The number of amides is 1. The molecule has 2 heterocycles. The van der Waals surface area contributed by atoms with Crippen molar-refractivity contribution in [2.45, 2.75) is 45.4 Å². The summed E-state index contributed by atoms with van der Waals surface area (Å²) in [4.78, 5) is 24.3. The van der Waals surface area contributed by atoms with E-state index in [4.69, 9.17) is 4.74 Å². The Morgan fingerprint density at radius 1 is 1.26 bits per heavy atom. The predicted molar refractivity (Wildman–Crippen MR) is 85.0 cm³/mol. The molecule has 5 nitrogen and oxygen atoms in total. The molecule has 6 heteroatoms. The van der Waals surface area contributed by atoms with Crippen LogP contribution in [0.1, 0.15) is 45.3 Å². The van der Waals surface area contributed by atoms with Crippen LogP contribution in [0.5, 0.6) is 0 Å². The van der Waals surface area contributed by atoms with E-state index in [-0.39, 0.29) is 5.56 Å². The van der Waals surface area contributed by atoms with E-state index in [2.05, 4.69) is 5.32 Å². The number of carbonyl (C=O) groups excluding carboxylic acids is 1. The maximum Gasteiger partial charge on any atom is 0.408 e. The molecule has 1 aromatic heterocycles. The van der Waals surface area contributed by atoms with E-state index in [1.807, 2.05) is 0 Å². The van der Waals surface area contributed by atoms with Gasteiger partial charge in [0.25, 0.3) is 5.56 Å². The van der Waals surface area contributed by atoms with Crippen LogP contribution < -0.4 is 10.9 Å². The van der Waals surface area contributed by atoms with Crippen LogP contribution in [-0.4, -0.2) is 16.3 Å². The minimum absolute atomic E-state index is 0.217. The number of nitrogens with one attached hydrogen (secondary N) is 1. The summed E-state index contributed by atoms with van der Waals surface area (Å²) in [6.07, 6.45) is -0.633. The van der Waals surface area contributed by atoms with Gasteiger partial charge in [-0.2, -0.15) is 0 Å². The van der Waals surface area contributed by atoms with Gasteiger partial charge in [-0.15, -0.1) is 0 Å². The minimum atomic E-state index is -0.653. The highest BCUT2D eigenvalue weighted by molar-refractivity contribution is 5.85. The van der Waals surface area contributed by atoms with Crippen molar-refractivity contribution in [2.24, 2.45) is 0 Å². The molecule has 0 fully saturated rings. The monoisotopic (exact) mass is 318 g/mol. The van der Waals surface area contributed by atoms with Gasteiger partial charge in [-0.1, -0.05) is 0 Å². The standard InChI is InChI=1S/C17H19FN2O3/c1-9-14(19-16(22)23-17(2,3)4)13-11(18)7-5-10-6-8-12(21)20(9)15(10)13/h5-9,14H,1-4H3,(H,19,22)/t9-,14-/m0/s1. The Labute approximate surface area is 133 Å². The second-order valence-electron chi connectivity index (χ2n) is 6.80. The molecule has 0 unspecified atom stereocenters. The lowest BCUT2D eigenvalue weighted by Crippen LogP contribution is -2.37.